The van der Waals surface area contributed by atoms with Gasteiger partial charge in [0, 0.05) is 45.3 Å². The monoisotopic (exact) mass is 225 g/mol. The Morgan fingerprint density at radius 3 is 2.44 bits per heavy atom. The molecule has 0 aromatic heterocycles. The van der Waals surface area contributed by atoms with E-state index in [1.807, 2.05) is 0 Å². The summed E-state index contributed by atoms with van der Waals surface area (Å²) in [5, 5.41) is 0. The molecule has 94 valence electrons. The Morgan fingerprint density at radius 2 is 1.75 bits per heavy atom. The number of hydrogen-bond donors (Lipinski definition) is 0. The molecule has 2 saturated heterocycles. The lowest BCUT2D eigenvalue weighted by atomic mass is 10.2. The van der Waals surface area contributed by atoms with E-state index < -0.39 is 0 Å². The minimum atomic E-state index is 0.882. The number of piperazine rings is 1. The van der Waals surface area contributed by atoms with Crippen molar-refractivity contribution in [2.75, 3.05) is 52.9 Å². The molecule has 2 aliphatic heterocycles. The van der Waals surface area contributed by atoms with E-state index >= 15 is 0 Å². The average Bonchev–Trinajstić information content (AvgIpc) is 2.76. The largest absolute Gasteiger partial charge is 0.304 e. The SMILES string of the molecule is CCC1CCCN1CCN1CCN(C)CC1. The van der Waals surface area contributed by atoms with E-state index in [9.17, 15) is 0 Å². The maximum Gasteiger partial charge on any atom is 0.0112 e. The van der Waals surface area contributed by atoms with Crippen LogP contribution in [0.2, 0.25) is 0 Å². The van der Waals surface area contributed by atoms with Crippen molar-refractivity contribution in [3.63, 3.8) is 0 Å². The van der Waals surface area contributed by atoms with Crippen molar-refractivity contribution in [1.29, 1.82) is 0 Å². The third-order valence-electron chi connectivity index (χ3n) is 4.27. The van der Waals surface area contributed by atoms with Gasteiger partial charge in [0.05, 0.1) is 0 Å². The summed E-state index contributed by atoms with van der Waals surface area (Å²) in [6.45, 7) is 11.3. The van der Waals surface area contributed by atoms with Crippen molar-refractivity contribution in [1.82, 2.24) is 14.7 Å². The Kier molecular flexibility index (Phi) is 4.62. The first-order chi connectivity index (χ1) is 7.79. The standard InChI is InChI=1S/C13H27N3/c1-3-13-5-4-6-16(13)12-11-15-9-7-14(2)8-10-15/h13H,3-12H2,1-2H3. The van der Waals surface area contributed by atoms with E-state index in [0.29, 0.717) is 0 Å². The van der Waals surface area contributed by atoms with Gasteiger partial charge in [-0.2, -0.15) is 0 Å². The van der Waals surface area contributed by atoms with Crippen LogP contribution in [-0.2, 0) is 0 Å². The Bertz CT molecular complexity index is 199. The lowest BCUT2D eigenvalue weighted by molar-refractivity contribution is 0.131. The van der Waals surface area contributed by atoms with Crippen LogP contribution in [-0.4, -0.2) is 73.6 Å². The summed E-state index contributed by atoms with van der Waals surface area (Å²) in [5.41, 5.74) is 0. The summed E-state index contributed by atoms with van der Waals surface area (Å²) in [6, 6.07) is 0.882. The van der Waals surface area contributed by atoms with Crippen molar-refractivity contribution in [2.45, 2.75) is 32.2 Å². The molecule has 0 aromatic carbocycles. The maximum absolute atomic E-state index is 2.71. The number of hydrogen-bond acceptors (Lipinski definition) is 3. The second kappa shape index (κ2) is 5.99. The van der Waals surface area contributed by atoms with Crippen LogP contribution >= 0.6 is 0 Å². The molecule has 16 heavy (non-hydrogen) atoms. The van der Waals surface area contributed by atoms with Crippen molar-refractivity contribution in [2.24, 2.45) is 0 Å². The molecular formula is C13H27N3. The predicted octanol–water partition coefficient (Wildman–Crippen LogP) is 1.11. The Balaban J connectivity index is 1.67. The van der Waals surface area contributed by atoms with E-state index in [0.717, 1.165) is 6.04 Å². The Hall–Kier alpha value is -0.120. The fraction of sp³-hybridized carbons (Fsp3) is 1.00. The van der Waals surface area contributed by atoms with Crippen LogP contribution in [0.15, 0.2) is 0 Å². The third-order valence-corrected chi connectivity index (χ3v) is 4.27. The first-order valence-corrected chi connectivity index (χ1v) is 6.94. The molecule has 2 aliphatic rings. The molecule has 0 aliphatic carbocycles. The zero-order chi connectivity index (χ0) is 11.4. The Morgan fingerprint density at radius 1 is 1.00 bits per heavy atom. The Labute approximate surface area is 100 Å². The molecule has 0 spiro atoms. The smallest absolute Gasteiger partial charge is 0.0112 e. The van der Waals surface area contributed by atoms with Crippen molar-refractivity contribution >= 4 is 0 Å². The number of likely N-dealkylation sites (tertiary alicyclic amines) is 1. The predicted molar refractivity (Wildman–Crippen MR) is 68.8 cm³/mol. The quantitative estimate of drug-likeness (QED) is 0.709. The molecule has 0 radical (unpaired) electrons. The van der Waals surface area contributed by atoms with Crippen LogP contribution in [0.3, 0.4) is 0 Å². The first-order valence-electron chi connectivity index (χ1n) is 6.94. The molecule has 0 bridgehead atoms. The van der Waals surface area contributed by atoms with E-state index in [1.165, 1.54) is 65.1 Å². The highest BCUT2D eigenvalue weighted by Gasteiger charge is 2.23. The molecule has 0 amide bonds. The molecule has 0 saturated carbocycles. The van der Waals surface area contributed by atoms with Crippen LogP contribution < -0.4 is 0 Å². The molecule has 3 nitrogen and oxygen atoms in total. The van der Waals surface area contributed by atoms with Crippen LogP contribution in [0, 0.1) is 0 Å². The summed E-state index contributed by atoms with van der Waals surface area (Å²) in [4.78, 5) is 7.77. The highest BCUT2D eigenvalue weighted by Crippen LogP contribution is 2.19. The summed E-state index contributed by atoms with van der Waals surface area (Å²) in [6.07, 6.45) is 4.18. The van der Waals surface area contributed by atoms with Gasteiger partial charge in [-0.15, -0.1) is 0 Å². The summed E-state index contributed by atoms with van der Waals surface area (Å²) >= 11 is 0. The van der Waals surface area contributed by atoms with Gasteiger partial charge in [-0.25, -0.2) is 0 Å². The summed E-state index contributed by atoms with van der Waals surface area (Å²) in [5.74, 6) is 0. The van der Waals surface area contributed by atoms with Gasteiger partial charge in [0.1, 0.15) is 0 Å². The van der Waals surface area contributed by atoms with Gasteiger partial charge in [-0.1, -0.05) is 6.92 Å². The molecule has 2 fully saturated rings. The first kappa shape index (κ1) is 12.3. The second-order valence-corrected chi connectivity index (χ2v) is 5.39. The molecule has 2 heterocycles. The molecular weight excluding hydrogens is 198 g/mol. The van der Waals surface area contributed by atoms with Gasteiger partial charge in [0.15, 0.2) is 0 Å². The zero-order valence-corrected chi connectivity index (χ0v) is 11.0. The molecule has 1 atom stereocenters. The van der Waals surface area contributed by atoms with Gasteiger partial charge < -0.3 is 4.90 Å². The van der Waals surface area contributed by atoms with Gasteiger partial charge in [0.25, 0.3) is 0 Å². The van der Waals surface area contributed by atoms with E-state index in [4.69, 9.17) is 0 Å². The minimum Gasteiger partial charge on any atom is -0.304 e. The van der Waals surface area contributed by atoms with Crippen LogP contribution in [0.4, 0.5) is 0 Å². The van der Waals surface area contributed by atoms with E-state index in [2.05, 4.69) is 28.7 Å². The van der Waals surface area contributed by atoms with Crippen molar-refractivity contribution < 1.29 is 0 Å². The van der Waals surface area contributed by atoms with E-state index in [1.54, 1.807) is 0 Å². The molecule has 0 aromatic rings. The maximum atomic E-state index is 2.71. The minimum absolute atomic E-state index is 0.882. The zero-order valence-electron chi connectivity index (χ0n) is 11.0. The van der Waals surface area contributed by atoms with Gasteiger partial charge in [0.2, 0.25) is 0 Å². The van der Waals surface area contributed by atoms with E-state index in [-0.39, 0.29) is 0 Å². The van der Waals surface area contributed by atoms with Gasteiger partial charge in [-0.05, 0) is 32.9 Å². The second-order valence-electron chi connectivity index (χ2n) is 5.39. The van der Waals surface area contributed by atoms with Crippen LogP contribution in [0.25, 0.3) is 0 Å². The fourth-order valence-electron chi connectivity index (χ4n) is 2.99. The highest BCUT2D eigenvalue weighted by molar-refractivity contribution is 4.79. The third kappa shape index (κ3) is 3.19. The molecule has 2 rings (SSSR count). The highest BCUT2D eigenvalue weighted by atomic mass is 15.3. The topological polar surface area (TPSA) is 9.72 Å². The lowest BCUT2D eigenvalue weighted by Crippen LogP contribution is -2.47. The van der Waals surface area contributed by atoms with Gasteiger partial charge >= 0.3 is 0 Å². The molecule has 0 N–H and O–H groups in total. The van der Waals surface area contributed by atoms with Crippen LogP contribution in [0.1, 0.15) is 26.2 Å². The average molecular weight is 225 g/mol. The van der Waals surface area contributed by atoms with Crippen molar-refractivity contribution in [3.8, 4) is 0 Å². The molecule has 1 unspecified atom stereocenters. The van der Waals surface area contributed by atoms with Gasteiger partial charge in [-0.3, -0.25) is 9.80 Å². The summed E-state index contributed by atoms with van der Waals surface area (Å²) in [7, 11) is 2.23. The number of nitrogens with zero attached hydrogens (tertiary/aromatic N) is 3. The normalized spacial score (nSPS) is 30.0. The lowest BCUT2D eigenvalue weighted by Gasteiger charge is -2.34. The van der Waals surface area contributed by atoms with Crippen LogP contribution in [0.5, 0.6) is 0 Å². The fourth-order valence-corrected chi connectivity index (χ4v) is 2.99. The molecule has 3 heteroatoms. The summed E-state index contributed by atoms with van der Waals surface area (Å²) < 4.78 is 0. The number of likely N-dealkylation sites (N-methyl/N-ethyl adjacent to an activating group) is 1. The number of rotatable bonds is 4. The van der Waals surface area contributed by atoms with Crippen molar-refractivity contribution in [3.05, 3.63) is 0 Å².